The van der Waals surface area contributed by atoms with E-state index in [1.54, 1.807) is 17.8 Å². The van der Waals surface area contributed by atoms with Gasteiger partial charge in [0.2, 0.25) is 5.91 Å². The number of rotatable bonds is 13. The summed E-state index contributed by atoms with van der Waals surface area (Å²) in [4.78, 5) is 24.6. The second-order valence-corrected chi connectivity index (χ2v) is 8.83. The van der Waals surface area contributed by atoms with Crippen molar-refractivity contribution in [1.29, 1.82) is 0 Å². The van der Waals surface area contributed by atoms with E-state index < -0.39 is 12.1 Å². The largest absolute Gasteiger partial charge is 0.481 e. The van der Waals surface area contributed by atoms with Crippen LogP contribution in [0.2, 0.25) is 0 Å². The smallest absolute Gasteiger partial charge is 0.303 e. The van der Waals surface area contributed by atoms with E-state index in [0.717, 1.165) is 29.9 Å². The second-order valence-electron chi connectivity index (χ2n) is 7.60. The first kappa shape index (κ1) is 23.7. The van der Waals surface area contributed by atoms with Crippen LogP contribution in [0.25, 0.3) is 0 Å². The van der Waals surface area contributed by atoms with Crippen molar-refractivity contribution in [2.24, 2.45) is 0 Å². The highest BCUT2D eigenvalue weighted by molar-refractivity contribution is 7.99. The van der Waals surface area contributed by atoms with Gasteiger partial charge in [0.25, 0.3) is 0 Å². The first-order chi connectivity index (χ1) is 13.9. The molecule has 0 unspecified atom stereocenters. The van der Waals surface area contributed by atoms with Gasteiger partial charge in [0.1, 0.15) is 5.82 Å². The molecule has 0 bridgehead atoms. The van der Waals surface area contributed by atoms with Crippen molar-refractivity contribution in [1.82, 2.24) is 4.90 Å². The zero-order valence-corrected chi connectivity index (χ0v) is 17.9. The highest BCUT2D eigenvalue weighted by Crippen LogP contribution is 2.24. The highest BCUT2D eigenvalue weighted by Gasteiger charge is 2.30. The zero-order chi connectivity index (χ0) is 21.2. The SMILES string of the molecule is CCc1cc(C[C@H](O)CC[C@H]2CCC(=O)N2CCSCCCC(=O)O)ccc1F. The molecule has 0 saturated carbocycles. The van der Waals surface area contributed by atoms with Gasteiger partial charge < -0.3 is 15.1 Å². The van der Waals surface area contributed by atoms with E-state index in [4.69, 9.17) is 5.11 Å². The van der Waals surface area contributed by atoms with Gasteiger partial charge in [-0.1, -0.05) is 19.1 Å². The van der Waals surface area contributed by atoms with Gasteiger partial charge in [0.05, 0.1) is 6.10 Å². The molecule has 29 heavy (non-hydrogen) atoms. The lowest BCUT2D eigenvalue weighted by atomic mass is 9.99. The van der Waals surface area contributed by atoms with Crippen molar-refractivity contribution < 1.29 is 24.2 Å². The third-order valence-corrected chi connectivity index (χ3v) is 6.45. The van der Waals surface area contributed by atoms with Crippen LogP contribution in [-0.2, 0) is 22.4 Å². The van der Waals surface area contributed by atoms with Crippen LogP contribution in [0.15, 0.2) is 18.2 Å². The van der Waals surface area contributed by atoms with Crippen LogP contribution in [0, 0.1) is 5.82 Å². The predicted octanol–water partition coefficient (Wildman–Crippen LogP) is 3.66. The van der Waals surface area contributed by atoms with E-state index in [-0.39, 0.29) is 24.2 Å². The Morgan fingerprint density at radius 2 is 2.17 bits per heavy atom. The lowest BCUT2D eigenvalue weighted by Gasteiger charge is -2.25. The van der Waals surface area contributed by atoms with Gasteiger partial charge in [0, 0.05) is 31.2 Å². The molecule has 0 aliphatic carbocycles. The Balaban J connectivity index is 1.73. The number of halogens is 1. The first-order valence-electron chi connectivity index (χ1n) is 10.4. The van der Waals surface area contributed by atoms with E-state index in [9.17, 15) is 19.1 Å². The molecule has 1 amide bonds. The molecule has 2 N–H and O–H groups in total. The Labute approximate surface area is 176 Å². The molecule has 1 aliphatic rings. The number of carboxylic acids is 1. The minimum Gasteiger partial charge on any atom is -0.481 e. The monoisotopic (exact) mass is 425 g/mol. The molecule has 1 aliphatic heterocycles. The number of aliphatic hydroxyl groups excluding tert-OH is 1. The van der Waals surface area contributed by atoms with Gasteiger partial charge in [-0.3, -0.25) is 9.59 Å². The fourth-order valence-corrected chi connectivity index (χ4v) is 4.65. The van der Waals surface area contributed by atoms with Crippen molar-refractivity contribution in [3.63, 3.8) is 0 Å². The van der Waals surface area contributed by atoms with Crippen LogP contribution in [-0.4, -0.2) is 57.2 Å². The van der Waals surface area contributed by atoms with Gasteiger partial charge in [-0.05, 0) is 61.5 Å². The molecule has 7 heteroatoms. The number of likely N-dealkylation sites (tertiary alicyclic amines) is 1. The standard InChI is InChI=1S/C22H32FNO4S/c1-2-17-14-16(5-9-20(17)23)15-19(25)8-6-18-7-10-21(26)24(18)11-13-29-12-3-4-22(27)28/h5,9,14,18-19,25H,2-4,6-8,10-13,15H2,1H3,(H,27,28)/t18-,19+/m0/s1. The zero-order valence-electron chi connectivity index (χ0n) is 17.1. The summed E-state index contributed by atoms with van der Waals surface area (Å²) in [6.45, 7) is 2.59. The van der Waals surface area contributed by atoms with Gasteiger partial charge in [-0.25, -0.2) is 4.39 Å². The fourth-order valence-electron chi connectivity index (χ4n) is 3.78. The molecule has 162 valence electrons. The van der Waals surface area contributed by atoms with E-state index in [1.807, 2.05) is 17.9 Å². The topological polar surface area (TPSA) is 77.8 Å². The summed E-state index contributed by atoms with van der Waals surface area (Å²) in [6, 6.07) is 5.18. The summed E-state index contributed by atoms with van der Waals surface area (Å²) < 4.78 is 13.6. The molecule has 1 fully saturated rings. The normalized spacial score (nSPS) is 17.7. The first-order valence-corrected chi connectivity index (χ1v) is 11.6. The molecule has 1 saturated heterocycles. The summed E-state index contributed by atoms with van der Waals surface area (Å²) in [5.41, 5.74) is 1.61. The van der Waals surface area contributed by atoms with Gasteiger partial charge in [0.15, 0.2) is 0 Å². The Morgan fingerprint density at radius 1 is 1.38 bits per heavy atom. The molecule has 1 heterocycles. The van der Waals surface area contributed by atoms with Crippen molar-refractivity contribution in [3.05, 3.63) is 35.1 Å². The molecule has 2 atom stereocenters. The maximum absolute atomic E-state index is 13.6. The number of benzene rings is 1. The number of aliphatic carboxylic acids is 1. The molecular formula is C22H32FNO4S. The molecule has 5 nitrogen and oxygen atoms in total. The number of hydrogen-bond donors (Lipinski definition) is 2. The van der Waals surface area contributed by atoms with Crippen molar-refractivity contribution in [3.8, 4) is 0 Å². The summed E-state index contributed by atoms with van der Waals surface area (Å²) >= 11 is 1.68. The number of carboxylic acid groups (broad SMARTS) is 1. The van der Waals surface area contributed by atoms with Crippen LogP contribution in [0.1, 0.15) is 56.6 Å². The van der Waals surface area contributed by atoms with Crippen LogP contribution in [0.3, 0.4) is 0 Å². The van der Waals surface area contributed by atoms with Crippen LogP contribution in [0.4, 0.5) is 4.39 Å². The Hall–Kier alpha value is -1.60. The maximum Gasteiger partial charge on any atom is 0.303 e. The molecule has 1 aromatic rings. The molecule has 0 spiro atoms. The van der Waals surface area contributed by atoms with Crippen LogP contribution in [0.5, 0.6) is 0 Å². The van der Waals surface area contributed by atoms with Crippen molar-refractivity contribution in [2.45, 2.75) is 70.4 Å². The number of amides is 1. The van der Waals surface area contributed by atoms with Gasteiger partial charge in [-0.2, -0.15) is 11.8 Å². The van der Waals surface area contributed by atoms with Crippen LogP contribution < -0.4 is 0 Å². The summed E-state index contributed by atoms with van der Waals surface area (Å²) in [5, 5.41) is 19.1. The van der Waals surface area contributed by atoms with E-state index >= 15 is 0 Å². The number of nitrogens with zero attached hydrogens (tertiary/aromatic N) is 1. The number of carbonyl (C=O) groups excluding carboxylic acids is 1. The lowest BCUT2D eigenvalue weighted by Crippen LogP contribution is -2.35. The lowest BCUT2D eigenvalue weighted by molar-refractivity contribution is -0.137. The average molecular weight is 426 g/mol. The quantitative estimate of drug-likeness (QED) is 0.472. The third-order valence-electron chi connectivity index (χ3n) is 5.40. The predicted molar refractivity (Wildman–Crippen MR) is 114 cm³/mol. The Morgan fingerprint density at radius 3 is 2.90 bits per heavy atom. The molecule has 2 rings (SSSR count). The third kappa shape index (κ3) is 7.97. The fraction of sp³-hybridized carbons (Fsp3) is 0.636. The molecule has 0 radical (unpaired) electrons. The second kappa shape index (κ2) is 12.2. The molecular weight excluding hydrogens is 393 g/mol. The van der Waals surface area contributed by atoms with E-state index in [2.05, 4.69) is 0 Å². The number of hydrogen-bond acceptors (Lipinski definition) is 4. The number of aryl methyl sites for hydroxylation is 1. The maximum atomic E-state index is 13.6. The number of thioether (sulfide) groups is 1. The molecule has 1 aromatic carbocycles. The number of carbonyl (C=O) groups is 2. The highest BCUT2D eigenvalue weighted by atomic mass is 32.2. The summed E-state index contributed by atoms with van der Waals surface area (Å²) in [5.74, 6) is 0.786. The average Bonchev–Trinajstić information content (AvgIpc) is 3.04. The van der Waals surface area contributed by atoms with Crippen molar-refractivity contribution in [2.75, 3.05) is 18.1 Å². The number of aliphatic hydroxyl groups is 1. The van der Waals surface area contributed by atoms with Gasteiger partial charge in [-0.15, -0.1) is 0 Å². The van der Waals surface area contributed by atoms with Crippen molar-refractivity contribution >= 4 is 23.6 Å². The molecule has 0 aromatic heterocycles. The summed E-state index contributed by atoms with van der Waals surface area (Å²) in [6.07, 6.45) is 4.20. The van der Waals surface area contributed by atoms with E-state index in [0.29, 0.717) is 44.2 Å². The van der Waals surface area contributed by atoms with Gasteiger partial charge >= 0.3 is 5.97 Å². The Bertz CT molecular complexity index is 685. The van der Waals surface area contributed by atoms with Crippen LogP contribution >= 0.6 is 11.8 Å². The Kier molecular flexibility index (Phi) is 9.94. The minimum atomic E-state index is -0.773. The minimum absolute atomic E-state index is 0.163. The van der Waals surface area contributed by atoms with E-state index in [1.165, 1.54) is 6.07 Å². The summed E-state index contributed by atoms with van der Waals surface area (Å²) in [7, 11) is 0.